The molecule has 2 aromatic carbocycles. The minimum Gasteiger partial charge on any atom is -0.495 e. The molecule has 0 amide bonds. The third-order valence-electron chi connectivity index (χ3n) is 3.56. The molecule has 1 heterocycles. The number of anilines is 3. The first-order chi connectivity index (χ1) is 12.1. The second-order valence-corrected chi connectivity index (χ2v) is 5.91. The van der Waals surface area contributed by atoms with Crippen LogP contribution in [0.15, 0.2) is 48.7 Å². The molecule has 1 aromatic heterocycles. The smallest absolute Gasteiger partial charge is 0.249 e. The lowest BCUT2D eigenvalue weighted by molar-refractivity contribution is 0.417. The van der Waals surface area contributed by atoms with Crippen molar-refractivity contribution in [2.75, 3.05) is 17.7 Å². The summed E-state index contributed by atoms with van der Waals surface area (Å²) in [5, 5.41) is 14.9. The zero-order valence-electron chi connectivity index (χ0n) is 14.0. The number of halogens is 1. The van der Waals surface area contributed by atoms with E-state index >= 15 is 0 Å². The van der Waals surface area contributed by atoms with E-state index in [1.165, 1.54) is 5.56 Å². The standard InChI is InChI=1S/C18H18ClN5O/c1-12-3-5-13(6-4-12)10-20-17-11-21-24-18(23-17)22-15-9-14(19)7-8-16(15)25-2/h3-9,11H,10H2,1-2H3,(H2,20,22,23,24). The van der Waals surface area contributed by atoms with Gasteiger partial charge in [-0.25, -0.2) is 0 Å². The number of hydrogen-bond donors (Lipinski definition) is 2. The van der Waals surface area contributed by atoms with E-state index < -0.39 is 0 Å². The quantitative estimate of drug-likeness (QED) is 0.690. The fourth-order valence-electron chi connectivity index (χ4n) is 2.24. The van der Waals surface area contributed by atoms with Crippen molar-refractivity contribution < 1.29 is 4.74 Å². The molecule has 0 saturated carbocycles. The van der Waals surface area contributed by atoms with Gasteiger partial charge in [-0.05, 0) is 30.7 Å². The first-order valence-electron chi connectivity index (χ1n) is 7.74. The van der Waals surface area contributed by atoms with E-state index in [0.29, 0.717) is 34.8 Å². The summed E-state index contributed by atoms with van der Waals surface area (Å²) in [4.78, 5) is 4.41. The van der Waals surface area contributed by atoms with Gasteiger partial charge in [-0.15, -0.1) is 5.10 Å². The van der Waals surface area contributed by atoms with Crippen LogP contribution in [0.2, 0.25) is 5.02 Å². The lowest BCUT2D eigenvalue weighted by atomic mass is 10.1. The van der Waals surface area contributed by atoms with Crippen molar-refractivity contribution in [3.8, 4) is 5.75 Å². The molecular formula is C18H18ClN5O. The van der Waals surface area contributed by atoms with Crippen LogP contribution in [-0.2, 0) is 6.54 Å². The number of benzene rings is 2. The van der Waals surface area contributed by atoms with E-state index in [-0.39, 0.29) is 0 Å². The number of rotatable bonds is 6. The van der Waals surface area contributed by atoms with Crippen LogP contribution in [-0.4, -0.2) is 22.3 Å². The molecule has 25 heavy (non-hydrogen) atoms. The van der Waals surface area contributed by atoms with Gasteiger partial charge in [0.05, 0.1) is 19.0 Å². The van der Waals surface area contributed by atoms with Crippen LogP contribution in [0.1, 0.15) is 11.1 Å². The van der Waals surface area contributed by atoms with Crippen molar-refractivity contribution in [1.82, 2.24) is 15.2 Å². The SMILES string of the molecule is COc1ccc(Cl)cc1Nc1nncc(NCc2ccc(C)cc2)n1. The summed E-state index contributed by atoms with van der Waals surface area (Å²) in [6.45, 7) is 2.71. The third kappa shape index (κ3) is 4.58. The number of nitrogens with one attached hydrogen (secondary N) is 2. The molecule has 0 aliphatic rings. The molecule has 128 valence electrons. The Kier molecular flexibility index (Phi) is 5.30. The predicted octanol–water partition coefficient (Wildman–Crippen LogP) is 4.20. The molecule has 0 unspecified atom stereocenters. The second-order valence-electron chi connectivity index (χ2n) is 5.47. The Morgan fingerprint density at radius 1 is 1.12 bits per heavy atom. The molecule has 0 aliphatic heterocycles. The van der Waals surface area contributed by atoms with Crippen molar-refractivity contribution in [1.29, 1.82) is 0 Å². The summed E-state index contributed by atoms with van der Waals surface area (Å²) in [5.74, 6) is 1.62. The molecule has 0 saturated heterocycles. The van der Waals surface area contributed by atoms with Gasteiger partial charge in [-0.1, -0.05) is 41.4 Å². The van der Waals surface area contributed by atoms with Gasteiger partial charge < -0.3 is 15.4 Å². The Hall–Kier alpha value is -2.86. The van der Waals surface area contributed by atoms with Gasteiger partial charge in [-0.2, -0.15) is 10.1 Å². The lowest BCUT2D eigenvalue weighted by Gasteiger charge is -2.11. The molecule has 3 rings (SSSR count). The average Bonchev–Trinajstić information content (AvgIpc) is 2.62. The predicted molar refractivity (Wildman–Crippen MR) is 99.6 cm³/mol. The Morgan fingerprint density at radius 2 is 1.92 bits per heavy atom. The highest BCUT2D eigenvalue weighted by molar-refractivity contribution is 6.30. The second kappa shape index (κ2) is 7.81. The molecular weight excluding hydrogens is 338 g/mol. The fourth-order valence-corrected chi connectivity index (χ4v) is 2.41. The molecule has 0 atom stereocenters. The zero-order chi connectivity index (χ0) is 17.6. The minimum absolute atomic E-state index is 0.356. The van der Waals surface area contributed by atoms with Crippen molar-refractivity contribution in [3.63, 3.8) is 0 Å². The monoisotopic (exact) mass is 355 g/mol. The fraction of sp³-hybridized carbons (Fsp3) is 0.167. The highest BCUT2D eigenvalue weighted by Crippen LogP contribution is 2.29. The maximum Gasteiger partial charge on any atom is 0.249 e. The van der Waals surface area contributed by atoms with E-state index in [2.05, 4.69) is 57.0 Å². The maximum atomic E-state index is 6.04. The summed E-state index contributed by atoms with van der Waals surface area (Å²) >= 11 is 6.04. The zero-order valence-corrected chi connectivity index (χ0v) is 14.7. The van der Waals surface area contributed by atoms with Crippen LogP contribution in [0.5, 0.6) is 5.75 Å². The lowest BCUT2D eigenvalue weighted by Crippen LogP contribution is -2.06. The largest absolute Gasteiger partial charge is 0.495 e. The molecule has 0 fully saturated rings. The Bertz CT molecular complexity index is 854. The summed E-state index contributed by atoms with van der Waals surface area (Å²) in [6, 6.07) is 13.6. The number of ether oxygens (including phenoxy) is 1. The number of aromatic nitrogens is 3. The molecule has 0 spiro atoms. The van der Waals surface area contributed by atoms with Crippen LogP contribution in [0, 0.1) is 6.92 Å². The van der Waals surface area contributed by atoms with Crippen molar-refractivity contribution in [2.24, 2.45) is 0 Å². The Labute approximate surface area is 151 Å². The van der Waals surface area contributed by atoms with Gasteiger partial charge in [0.2, 0.25) is 5.95 Å². The van der Waals surface area contributed by atoms with Crippen molar-refractivity contribution in [2.45, 2.75) is 13.5 Å². The van der Waals surface area contributed by atoms with Gasteiger partial charge in [0.25, 0.3) is 0 Å². The molecule has 6 nitrogen and oxygen atoms in total. The van der Waals surface area contributed by atoms with Gasteiger partial charge in [0.15, 0.2) is 5.82 Å². The minimum atomic E-state index is 0.356. The Balaban J connectivity index is 1.71. The molecule has 7 heteroatoms. The molecule has 2 N–H and O–H groups in total. The van der Waals surface area contributed by atoms with Crippen molar-refractivity contribution in [3.05, 3.63) is 64.8 Å². The van der Waals surface area contributed by atoms with Crippen LogP contribution in [0.3, 0.4) is 0 Å². The van der Waals surface area contributed by atoms with E-state index in [1.807, 2.05) is 0 Å². The van der Waals surface area contributed by atoms with Gasteiger partial charge in [0, 0.05) is 11.6 Å². The average molecular weight is 356 g/mol. The van der Waals surface area contributed by atoms with Gasteiger partial charge in [-0.3, -0.25) is 0 Å². The van der Waals surface area contributed by atoms with Crippen molar-refractivity contribution >= 4 is 29.1 Å². The number of methoxy groups -OCH3 is 1. The van der Waals surface area contributed by atoms with E-state index in [4.69, 9.17) is 16.3 Å². The first kappa shape index (κ1) is 17.0. The summed E-state index contributed by atoms with van der Waals surface area (Å²) in [7, 11) is 1.59. The Morgan fingerprint density at radius 3 is 2.68 bits per heavy atom. The van der Waals surface area contributed by atoms with Crippen LogP contribution < -0.4 is 15.4 Å². The molecule has 0 bridgehead atoms. The van der Waals surface area contributed by atoms with Crippen LogP contribution in [0.25, 0.3) is 0 Å². The van der Waals surface area contributed by atoms with E-state index in [0.717, 1.165) is 5.56 Å². The molecule has 3 aromatic rings. The number of hydrogen-bond acceptors (Lipinski definition) is 6. The highest BCUT2D eigenvalue weighted by atomic mass is 35.5. The normalized spacial score (nSPS) is 10.4. The van der Waals surface area contributed by atoms with E-state index in [9.17, 15) is 0 Å². The maximum absolute atomic E-state index is 6.04. The number of nitrogens with zero attached hydrogens (tertiary/aromatic N) is 3. The summed E-state index contributed by atoms with van der Waals surface area (Å²) in [5.41, 5.74) is 3.07. The topological polar surface area (TPSA) is 72.0 Å². The number of aryl methyl sites for hydroxylation is 1. The molecule has 0 aliphatic carbocycles. The summed E-state index contributed by atoms with van der Waals surface area (Å²) in [6.07, 6.45) is 1.58. The summed E-state index contributed by atoms with van der Waals surface area (Å²) < 4.78 is 5.31. The third-order valence-corrected chi connectivity index (χ3v) is 3.80. The van der Waals surface area contributed by atoms with E-state index in [1.54, 1.807) is 31.5 Å². The van der Waals surface area contributed by atoms with Gasteiger partial charge in [0.1, 0.15) is 5.75 Å². The first-order valence-corrected chi connectivity index (χ1v) is 8.11. The molecule has 0 radical (unpaired) electrons. The van der Waals surface area contributed by atoms with Gasteiger partial charge >= 0.3 is 0 Å². The highest BCUT2D eigenvalue weighted by Gasteiger charge is 2.07. The van der Waals surface area contributed by atoms with Crippen LogP contribution in [0.4, 0.5) is 17.5 Å². The van der Waals surface area contributed by atoms with Crippen LogP contribution >= 0.6 is 11.6 Å².